The van der Waals surface area contributed by atoms with Crippen molar-refractivity contribution in [2.75, 3.05) is 11.4 Å². The molecule has 0 amide bonds. The van der Waals surface area contributed by atoms with E-state index in [1.165, 1.54) is 4.68 Å². The highest BCUT2D eigenvalue weighted by molar-refractivity contribution is 6.33. The molecule has 7 heteroatoms. The minimum absolute atomic E-state index is 0.0776. The van der Waals surface area contributed by atoms with Gasteiger partial charge < -0.3 is 9.88 Å². The van der Waals surface area contributed by atoms with E-state index in [9.17, 15) is 4.79 Å². The van der Waals surface area contributed by atoms with Gasteiger partial charge in [0.2, 0.25) is 0 Å². The number of benzene rings is 1. The molecule has 2 aromatic heterocycles. The van der Waals surface area contributed by atoms with Crippen LogP contribution in [0.4, 0.5) is 5.69 Å². The maximum absolute atomic E-state index is 12.0. The highest BCUT2D eigenvalue weighted by Crippen LogP contribution is 2.37. The minimum Gasteiger partial charge on any atom is -0.359 e. The van der Waals surface area contributed by atoms with Gasteiger partial charge in [-0.2, -0.15) is 5.10 Å². The first-order valence-corrected chi connectivity index (χ1v) is 7.96. The number of hydrogen-bond acceptors (Lipinski definition) is 4. The Morgan fingerprint density at radius 3 is 3.00 bits per heavy atom. The van der Waals surface area contributed by atoms with Gasteiger partial charge in [0, 0.05) is 13.6 Å². The molecule has 6 nitrogen and oxygen atoms in total. The number of hydrogen-bond donors (Lipinski definition) is 1. The number of fused-ring (bicyclic) bond motifs is 1. The molecule has 1 aliphatic rings. The van der Waals surface area contributed by atoms with Gasteiger partial charge in [-0.3, -0.25) is 4.79 Å². The molecule has 23 heavy (non-hydrogen) atoms. The van der Waals surface area contributed by atoms with E-state index >= 15 is 0 Å². The van der Waals surface area contributed by atoms with Crippen molar-refractivity contribution in [1.82, 2.24) is 19.7 Å². The first kappa shape index (κ1) is 14.3. The molecule has 3 aromatic rings. The number of imidazole rings is 1. The van der Waals surface area contributed by atoms with Crippen molar-refractivity contribution in [3.05, 3.63) is 51.7 Å². The quantitative estimate of drug-likeness (QED) is 0.785. The van der Waals surface area contributed by atoms with Crippen LogP contribution in [0.2, 0.25) is 5.02 Å². The molecule has 0 bridgehead atoms. The molecule has 0 saturated carbocycles. The van der Waals surface area contributed by atoms with Crippen LogP contribution in [0.25, 0.3) is 11.0 Å². The van der Waals surface area contributed by atoms with Crippen LogP contribution in [0.3, 0.4) is 0 Å². The molecule has 4 rings (SSSR count). The molecule has 118 valence electrons. The zero-order valence-electron chi connectivity index (χ0n) is 12.7. The zero-order valence-corrected chi connectivity index (χ0v) is 13.4. The number of halogens is 1. The summed E-state index contributed by atoms with van der Waals surface area (Å²) in [5, 5.41) is 4.32. The third kappa shape index (κ3) is 2.30. The molecule has 1 aromatic carbocycles. The van der Waals surface area contributed by atoms with Crippen molar-refractivity contribution < 1.29 is 0 Å². The van der Waals surface area contributed by atoms with Gasteiger partial charge in [-0.1, -0.05) is 23.7 Å². The topological polar surface area (TPSA) is 66.8 Å². The lowest BCUT2D eigenvalue weighted by Gasteiger charge is -2.25. The van der Waals surface area contributed by atoms with E-state index in [-0.39, 0.29) is 16.6 Å². The number of anilines is 1. The number of aryl methyl sites for hydroxylation is 1. The van der Waals surface area contributed by atoms with Crippen LogP contribution in [0.15, 0.2) is 35.3 Å². The van der Waals surface area contributed by atoms with E-state index < -0.39 is 0 Å². The number of nitrogens with zero attached hydrogens (tertiary/aromatic N) is 4. The average molecular weight is 330 g/mol. The summed E-state index contributed by atoms with van der Waals surface area (Å²) >= 11 is 6.26. The fourth-order valence-electron chi connectivity index (χ4n) is 3.17. The second kappa shape index (κ2) is 5.38. The predicted octanol–water partition coefficient (Wildman–Crippen LogP) is 2.65. The summed E-state index contributed by atoms with van der Waals surface area (Å²) in [6.45, 7) is 0.830. The molecule has 0 aliphatic carbocycles. The fourth-order valence-corrected chi connectivity index (χ4v) is 3.45. The Morgan fingerprint density at radius 1 is 1.35 bits per heavy atom. The van der Waals surface area contributed by atoms with Gasteiger partial charge in [0.15, 0.2) is 0 Å². The third-order valence-corrected chi connectivity index (χ3v) is 4.70. The number of aromatic amines is 1. The molecular formula is C16H16ClN5O. The number of para-hydroxylation sites is 2. The number of H-pyrrole nitrogens is 1. The first-order valence-electron chi connectivity index (χ1n) is 7.58. The normalized spacial score (nSPS) is 18.0. The molecule has 1 aliphatic heterocycles. The van der Waals surface area contributed by atoms with E-state index in [0.29, 0.717) is 5.69 Å². The summed E-state index contributed by atoms with van der Waals surface area (Å²) in [5.41, 5.74) is 2.36. The Kier molecular flexibility index (Phi) is 3.34. The number of aromatic nitrogens is 4. The first-order chi connectivity index (χ1) is 11.1. The summed E-state index contributed by atoms with van der Waals surface area (Å²) in [5.74, 6) is 0.903. The van der Waals surface area contributed by atoms with Crippen LogP contribution in [-0.2, 0) is 7.05 Å². The van der Waals surface area contributed by atoms with Crippen molar-refractivity contribution in [2.45, 2.75) is 18.9 Å². The van der Waals surface area contributed by atoms with E-state index in [0.717, 1.165) is 36.2 Å². The van der Waals surface area contributed by atoms with Gasteiger partial charge in [-0.05, 0) is 25.0 Å². The van der Waals surface area contributed by atoms with E-state index in [1.807, 2.05) is 24.3 Å². The van der Waals surface area contributed by atoms with Crippen molar-refractivity contribution in [3.8, 4) is 0 Å². The molecule has 0 radical (unpaired) electrons. The second-order valence-electron chi connectivity index (χ2n) is 5.76. The summed E-state index contributed by atoms with van der Waals surface area (Å²) < 4.78 is 1.25. The smallest absolute Gasteiger partial charge is 0.287 e. The Labute approximate surface area is 137 Å². The zero-order chi connectivity index (χ0) is 16.0. The van der Waals surface area contributed by atoms with Crippen molar-refractivity contribution in [2.24, 2.45) is 7.05 Å². The Balaban J connectivity index is 1.77. The molecule has 3 heterocycles. The minimum atomic E-state index is -0.278. The maximum atomic E-state index is 12.0. The number of rotatable bonds is 2. The van der Waals surface area contributed by atoms with Gasteiger partial charge >= 0.3 is 0 Å². The summed E-state index contributed by atoms with van der Waals surface area (Å²) in [6, 6.07) is 8.03. The SMILES string of the molecule is Cn1ncc(N2CCC[C@H]2c2nc3ccccc3[nH]2)c(Cl)c1=O. The van der Waals surface area contributed by atoms with Crippen LogP contribution < -0.4 is 10.5 Å². The van der Waals surface area contributed by atoms with Crippen molar-refractivity contribution >= 4 is 28.3 Å². The van der Waals surface area contributed by atoms with Gasteiger partial charge in [0.25, 0.3) is 5.56 Å². The Bertz CT molecular complexity index is 899. The van der Waals surface area contributed by atoms with Crippen molar-refractivity contribution in [1.29, 1.82) is 0 Å². The van der Waals surface area contributed by atoms with Gasteiger partial charge in [-0.15, -0.1) is 0 Å². The largest absolute Gasteiger partial charge is 0.359 e. The predicted molar refractivity (Wildman–Crippen MR) is 89.9 cm³/mol. The molecule has 1 fully saturated rings. The van der Waals surface area contributed by atoms with Crippen LogP contribution in [-0.4, -0.2) is 26.3 Å². The summed E-state index contributed by atoms with van der Waals surface area (Å²) in [4.78, 5) is 22.2. The standard InChI is InChI=1S/C16H16ClN5O/c1-21-16(23)14(17)13(9-18-21)22-8-4-7-12(22)15-19-10-5-2-3-6-11(10)20-15/h2-3,5-6,9,12H,4,7-8H2,1H3,(H,19,20)/t12-/m0/s1. The lowest BCUT2D eigenvalue weighted by Crippen LogP contribution is -2.28. The fraction of sp³-hybridized carbons (Fsp3) is 0.312. The molecule has 1 N–H and O–H groups in total. The lowest BCUT2D eigenvalue weighted by molar-refractivity contribution is 0.664. The van der Waals surface area contributed by atoms with E-state index in [1.54, 1.807) is 13.2 Å². The highest BCUT2D eigenvalue weighted by Gasteiger charge is 2.31. The molecular weight excluding hydrogens is 314 g/mol. The van der Waals surface area contributed by atoms with E-state index in [2.05, 4.69) is 15.0 Å². The van der Waals surface area contributed by atoms with Crippen molar-refractivity contribution in [3.63, 3.8) is 0 Å². The molecule has 0 unspecified atom stereocenters. The maximum Gasteiger partial charge on any atom is 0.287 e. The molecule has 1 saturated heterocycles. The summed E-state index contributed by atoms with van der Waals surface area (Å²) in [6.07, 6.45) is 3.64. The monoisotopic (exact) mass is 329 g/mol. The Morgan fingerprint density at radius 2 is 2.17 bits per heavy atom. The Hall–Kier alpha value is -2.34. The highest BCUT2D eigenvalue weighted by atomic mass is 35.5. The third-order valence-electron chi connectivity index (χ3n) is 4.35. The van der Waals surface area contributed by atoms with Gasteiger partial charge in [0.05, 0.1) is 29.0 Å². The second-order valence-corrected chi connectivity index (χ2v) is 6.14. The van der Waals surface area contributed by atoms with Crippen LogP contribution in [0, 0.1) is 0 Å². The van der Waals surface area contributed by atoms with Crippen LogP contribution in [0.1, 0.15) is 24.7 Å². The van der Waals surface area contributed by atoms with Gasteiger partial charge in [0.1, 0.15) is 10.8 Å². The van der Waals surface area contributed by atoms with Crippen LogP contribution in [0.5, 0.6) is 0 Å². The summed E-state index contributed by atoms with van der Waals surface area (Å²) in [7, 11) is 1.60. The molecule has 0 spiro atoms. The van der Waals surface area contributed by atoms with E-state index in [4.69, 9.17) is 16.6 Å². The van der Waals surface area contributed by atoms with Crippen LogP contribution >= 0.6 is 11.6 Å². The average Bonchev–Trinajstić information content (AvgIpc) is 3.18. The lowest BCUT2D eigenvalue weighted by atomic mass is 10.2. The number of nitrogens with one attached hydrogen (secondary N) is 1. The van der Waals surface area contributed by atoms with Gasteiger partial charge in [-0.25, -0.2) is 9.67 Å². The molecule has 1 atom stereocenters.